The average molecular weight is 361 g/mol. The van der Waals surface area contributed by atoms with Gasteiger partial charge in [0.2, 0.25) is 0 Å². The summed E-state index contributed by atoms with van der Waals surface area (Å²) >= 11 is 0. The van der Waals surface area contributed by atoms with E-state index in [1.165, 1.54) is 0 Å². The summed E-state index contributed by atoms with van der Waals surface area (Å²) in [5, 5.41) is 7.48. The van der Waals surface area contributed by atoms with Gasteiger partial charge in [-0.05, 0) is 30.5 Å². The van der Waals surface area contributed by atoms with Gasteiger partial charge >= 0.3 is 0 Å². The van der Waals surface area contributed by atoms with Crippen LogP contribution in [0.5, 0.6) is 5.75 Å². The van der Waals surface area contributed by atoms with E-state index < -0.39 is 6.10 Å². The van der Waals surface area contributed by atoms with Gasteiger partial charge in [-0.15, -0.1) is 0 Å². The molecule has 1 amide bonds. The second-order valence-corrected chi connectivity index (χ2v) is 6.93. The Morgan fingerprint density at radius 1 is 1.19 bits per heavy atom. The third-order valence-electron chi connectivity index (χ3n) is 4.94. The molecule has 0 aliphatic carbocycles. The molecule has 1 N–H and O–H groups in total. The number of nitrogens with one attached hydrogen (secondary N) is 1. The second-order valence-electron chi connectivity index (χ2n) is 6.93. The Hall–Kier alpha value is -3.08. The van der Waals surface area contributed by atoms with Crippen molar-refractivity contribution in [3.63, 3.8) is 0 Å². The van der Waals surface area contributed by atoms with Crippen LogP contribution >= 0.6 is 0 Å². The van der Waals surface area contributed by atoms with Gasteiger partial charge in [0.25, 0.3) is 5.91 Å². The van der Waals surface area contributed by atoms with E-state index in [0.717, 1.165) is 41.1 Å². The summed E-state index contributed by atoms with van der Waals surface area (Å²) in [5.74, 6) is 0.871. The lowest BCUT2D eigenvalue weighted by atomic mass is 10.1. The van der Waals surface area contributed by atoms with Crippen LogP contribution in [0.4, 0.5) is 0 Å². The first-order valence-electron chi connectivity index (χ1n) is 9.30. The van der Waals surface area contributed by atoms with Crippen molar-refractivity contribution >= 4 is 5.91 Å². The molecule has 0 bridgehead atoms. The average Bonchev–Trinajstić information content (AvgIpc) is 3.35. The maximum absolute atomic E-state index is 12.6. The Balaban J connectivity index is 1.27. The molecular formula is C22H23N3O2. The van der Waals surface area contributed by atoms with Crippen molar-refractivity contribution in [2.75, 3.05) is 13.6 Å². The minimum atomic E-state index is -0.399. The molecule has 2 aromatic carbocycles. The summed E-state index contributed by atoms with van der Waals surface area (Å²) < 4.78 is 5.80. The highest BCUT2D eigenvalue weighted by Crippen LogP contribution is 2.28. The maximum Gasteiger partial charge on any atom is 0.263 e. The van der Waals surface area contributed by atoms with Crippen LogP contribution in [0, 0.1) is 0 Å². The molecule has 3 aromatic rings. The highest BCUT2D eigenvalue weighted by molar-refractivity contribution is 5.82. The first-order chi connectivity index (χ1) is 13.2. The molecule has 1 unspecified atom stereocenters. The number of ether oxygens (including phenoxy) is 1. The van der Waals surface area contributed by atoms with E-state index in [1.54, 1.807) is 4.90 Å². The van der Waals surface area contributed by atoms with E-state index in [2.05, 4.69) is 16.3 Å². The monoisotopic (exact) mass is 361 g/mol. The van der Waals surface area contributed by atoms with E-state index in [-0.39, 0.29) is 5.91 Å². The minimum Gasteiger partial charge on any atom is -0.480 e. The summed E-state index contributed by atoms with van der Waals surface area (Å²) in [7, 11) is 1.84. The van der Waals surface area contributed by atoms with E-state index in [9.17, 15) is 4.79 Å². The number of benzene rings is 2. The Morgan fingerprint density at radius 3 is 2.78 bits per heavy atom. The molecule has 0 spiro atoms. The number of aromatic amines is 1. The molecule has 1 aromatic heterocycles. The molecule has 4 rings (SSSR count). The first-order valence-corrected chi connectivity index (χ1v) is 9.30. The van der Waals surface area contributed by atoms with Gasteiger partial charge in [-0.3, -0.25) is 9.89 Å². The fourth-order valence-corrected chi connectivity index (χ4v) is 3.43. The summed E-state index contributed by atoms with van der Waals surface area (Å²) in [5.41, 5.74) is 4.24. The molecular weight excluding hydrogens is 338 g/mol. The molecule has 5 heteroatoms. The van der Waals surface area contributed by atoms with Gasteiger partial charge in [0, 0.05) is 31.3 Å². The molecule has 2 heterocycles. The van der Waals surface area contributed by atoms with Crippen molar-refractivity contribution in [2.24, 2.45) is 0 Å². The van der Waals surface area contributed by atoms with Crippen LogP contribution in [-0.2, 0) is 17.6 Å². The van der Waals surface area contributed by atoms with Gasteiger partial charge in [0.15, 0.2) is 6.10 Å². The van der Waals surface area contributed by atoms with E-state index in [4.69, 9.17) is 4.74 Å². The highest BCUT2D eigenvalue weighted by Gasteiger charge is 2.30. The van der Waals surface area contributed by atoms with Crippen LogP contribution in [0.1, 0.15) is 17.7 Å². The van der Waals surface area contributed by atoms with Gasteiger partial charge in [0.05, 0.1) is 5.69 Å². The van der Waals surface area contributed by atoms with Crippen LogP contribution in [0.25, 0.3) is 11.3 Å². The lowest BCUT2D eigenvalue weighted by Gasteiger charge is -2.20. The molecule has 0 saturated heterocycles. The third kappa shape index (κ3) is 3.87. The number of rotatable bonds is 6. The van der Waals surface area contributed by atoms with Gasteiger partial charge in [0.1, 0.15) is 5.75 Å². The number of likely N-dealkylation sites (N-methyl/N-ethyl adjacent to an activating group) is 1. The number of carbonyl (C=O) groups is 1. The normalized spacial score (nSPS) is 15.2. The zero-order valence-electron chi connectivity index (χ0n) is 15.4. The Kier molecular flexibility index (Phi) is 4.92. The third-order valence-corrected chi connectivity index (χ3v) is 4.94. The number of aryl methyl sites for hydroxylation is 1. The van der Waals surface area contributed by atoms with Gasteiger partial charge in [-0.1, -0.05) is 48.5 Å². The highest BCUT2D eigenvalue weighted by atomic mass is 16.5. The smallest absolute Gasteiger partial charge is 0.263 e. The standard InChI is InChI=1S/C22H23N3O2/c1-25(22(26)21-14-17-10-5-6-12-20(17)27-21)13-7-11-18-15-19(24-23-18)16-8-3-2-4-9-16/h2-6,8-10,12,15,21H,7,11,13-14H2,1H3,(H,23,24). The number of fused-ring (bicyclic) bond motifs is 1. The summed E-state index contributed by atoms with van der Waals surface area (Å²) in [6.45, 7) is 0.689. The molecule has 27 heavy (non-hydrogen) atoms. The number of aromatic nitrogens is 2. The summed E-state index contributed by atoms with van der Waals surface area (Å²) in [6, 6.07) is 20.0. The van der Waals surface area contributed by atoms with Crippen LogP contribution in [0.15, 0.2) is 60.7 Å². The second kappa shape index (κ2) is 7.66. The lowest BCUT2D eigenvalue weighted by Crippen LogP contribution is -2.39. The molecule has 1 atom stereocenters. The number of hydrogen-bond acceptors (Lipinski definition) is 3. The molecule has 1 aliphatic heterocycles. The molecule has 0 radical (unpaired) electrons. The lowest BCUT2D eigenvalue weighted by molar-refractivity contribution is -0.136. The largest absolute Gasteiger partial charge is 0.480 e. The van der Waals surface area contributed by atoms with E-state index in [0.29, 0.717) is 13.0 Å². The van der Waals surface area contributed by atoms with Crippen LogP contribution in [0.3, 0.4) is 0 Å². The fourth-order valence-electron chi connectivity index (χ4n) is 3.43. The number of H-pyrrole nitrogens is 1. The molecule has 5 nitrogen and oxygen atoms in total. The van der Waals surface area contributed by atoms with Crippen LogP contribution in [0.2, 0.25) is 0 Å². The van der Waals surface area contributed by atoms with Gasteiger partial charge in [-0.25, -0.2) is 0 Å². The first kappa shape index (κ1) is 17.3. The van der Waals surface area contributed by atoms with Crippen molar-refractivity contribution in [1.82, 2.24) is 15.1 Å². The van der Waals surface area contributed by atoms with Gasteiger partial charge < -0.3 is 9.64 Å². The SMILES string of the molecule is CN(CCCc1cc(-c2ccccc2)n[nH]1)C(=O)C1Cc2ccccc2O1. The van der Waals surface area contributed by atoms with Gasteiger partial charge in [-0.2, -0.15) is 5.10 Å². The zero-order chi connectivity index (χ0) is 18.6. The van der Waals surface area contributed by atoms with Crippen molar-refractivity contribution in [3.05, 3.63) is 71.9 Å². The number of nitrogens with zero attached hydrogens (tertiary/aromatic N) is 2. The van der Waals surface area contributed by atoms with Crippen molar-refractivity contribution in [1.29, 1.82) is 0 Å². The maximum atomic E-state index is 12.6. The molecule has 138 valence electrons. The Labute approximate surface area is 159 Å². The Morgan fingerprint density at radius 2 is 1.96 bits per heavy atom. The van der Waals surface area contributed by atoms with Crippen molar-refractivity contribution in [3.8, 4) is 17.0 Å². The minimum absolute atomic E-state index is 0.0424. The predicted octanol–water partition coefficient (Wildman–Crippen LogP) is 3.47. The van der Waals surface area contributed by atoms with E-state index >= 15 is 0 Å². The summed E-state index contributed by atoms with van der Waals surface area (Å²) in [4.78, 5) is 14.4. The van der Waals surface area contributed by atoms with Crippen LogP contribution < -0.4 is 4.74 Å². The van der Waals surface area contributed by atoms with Crippen molar-refractivity contribution in [2.45, 2.75) is 25.4 Å². The van der Waals surface area contributed by atoms with E-state index in [1.807, 2.05) is 61.6 Å². The van der Waals surface area contributed by atoms with Crippen molar-refractivity contribution < 1.29 is 9.53 Å². The molecule has 0 fully saturated rings. The number of carbonyl (C=O) groups excluding carboxylic acids is 1. The fraction of sp³-hybridized carbons (Fsp3) is 0.273. The number of amides is 1. The quantitative estimate of drug-likeness (QED) is 0.731. The molecule has 0 saturated carbocycles. The van der Waals surface area contributed by atoms with Crippen LogP contribution in [-0.4, -0.2) is 40.7 Å². The Bertz CT molecular complexity index is 895. The topological polar surface area (TPSA) is 58.2 Å². The predicted molar refractivity (Wildman–Crippen MR) is 105 cm³/mol. The molecule has 1 aliphatic rings. The zero-order valence-corrected chi connectivity index (χ0v) is 15.4. The number of para-hydroxylation sites is 1. The number of hydrogen-bond donors (Lipinski definition) is 1. The summed E-state index contributed by atoms with van der Waals surface area (Å²) in [6.07, 6.45) is 1.98.